The van der Waals surface area contributed by atoms with Crippen molar-refractivity contribution in [1.82, 2.24) is 10.2 Å². The second-order valence-electron chi connectivity index (χ2n) is 7.58. The Labute approximate surface area is 159 Å². The molecule has 5 nitrogen and oxygen atoms in total. The molecule has 0 bridgehead atoms. The van der Waals surface area contributed by atoms with Gasteiger partial charge in [-0.25, -0.2) is 0 Å². The molecule has 0 atom stereocenters. The Bertz CT molecular complexity index is 716. The highest BCUT2D eigenvalue weighted by Gasteiger charge is 2.41. The van der Waals surface area contributed by atoms with Crippen molar-refractivity contribution in [2.75, 3.05) is 30.8 Å². The Morgan fingerprint density at radius 3 is 2.35 bits per heavy atom. The largest absolute Gasteiger partial charge is 0.378 e. The number of hydrogen-bond donors (Lipinski definition) is 1. The predicted molar refractivity (Wildman–Crippen MR) is 108 cm³/mol. The van der Waals surface area contributed by atoms with Crippen LogP contribution in [0.5, 0.6) is 0 Å². The van der Waals surface area contributed by atoms with Crippen LogP contribution in [0.25, 0.3) is 10.6 Å². The summed E-state index contributed by atoms with van der Waals surface area (Å²) in [6.07, 6.45) is 9.08. The number of piperidine rings is 1. The highest BCUT2D eigenvalue weighted by atomic mass is 32.1. The van der Waals surface area contributed by atoms with Gasteiger partial charge in [0.25, 0.3) is 0 Å². The van der Waals surface area contributed by atoms with Crippen LogP contribution in [0.2, 0.25) is 0 Å². The first-order valence-electron chi connectivity index (χ1n) is 9.70. The summed E-state index contributed by atoms with van der Waals surface area (Å²) in [6.45, 7) is 2.13. The molecule has 1 saturated carbocycles. The van der Waals surface area contributed by atoms with Crippen molar-refractivity contribution >= 4 is 22.2 Å². The molecule has 0 spiro atoms. The Morgan fingerprint density at radius 1 is 1.08 bits per heavy atom. The Hall–Kier alpha value is -1.66. The van der Waals surface area contributed by atoms with Gasteiger partial charge in [0.2, 0.25) is 5.13 Å². The fourth-order valence-corrected chi connectivity index (χ4v) is 5.33. The van der Waals surface area contributed by atoms with E-state index in [1.165, 1.54) is 49.1 Å². The van der Waals surface area contributed by atoms with E-state index in [-0.39, 0.29) is 5.60 Å². The van der Waals surface area contributed by atoms with Crippen LogP contribution >= 0.6 is 11.3 Å². The average molecular weight is 373 g/mol. The molecular weight excluding hydrogens is 344 g/mol. The number of hydrogen-bond acceptors (Lipinski definition) is 6. The lowest BCUT2D eigenvalue weighted by Gasteiger charge is -2.47. The average Bonchev–Trinajstić information content (AvgIpc) is 3.15. The minimum atomic E-state index is 0.0982. The van der Waals surface area contributed by atoms with Crippen molar-refractivity contribution < 1.29 is 4.74 Å². The molecule has 0 radical (unpaired) electrons. The highest BCUT2D eigenvalue weighted by molar-refractivity contribution is 7.18. The summed E-state index contributed by atoms with van der Waals surface area (Å²) in [6, 6.07) is 8.61. The number of benzene rings is 1. The first-order valence-corrected chi connectivity index (χ1v) is 10.5. The van der Waals surface area contributed by atoms with Gasteiger partial charge in [0, 0.05) is 31.5 Å². The van der Waals surface area contributed by atoms with Crippen LogP contribution in [-0.4, -0.2) is 36.0 Å². The van der Waals surface area contributed by atoms with Crippen LogP contribution < -0.4 is 10.6 Å². The molecule has 1 aliphatic heterocycles. The zero-order valence-electron chi connectivity index (χ0n) is 15.5. The van der Waals surface area contributed by atoms with E-state index in [1.54, 1.807) is 0 Å². The molecular formula is C20H28N4OS. The molecule has 2 aromatic rings. The van der Waals surface area contributed by atoms with Gasteiger partial charge in [0.15, 0.2) is 0 Å². The number of ether oxygens (including phenoxy) is 1. The Balaban J connectivity index is 1.42. The molecule has 4 rings (SSSR count). The second-order valence-corrected chi connectivity index (χ2v) is 8.59. The zero-order valence-corrected chi connectivity index (χ0v) is 16.3. The van der Waals surface area contributed by atoms with Gasteiger partial charge in [-0.2, -0.15) is 0 Å². The molecule has 26 heavy (non-hydrogen) atoms. The van der Waals surface area contributed by atoms with E-state index in [4.69, 9.17) is 10.5 Å². The molecule has 1 saturated heterocycles. The minimum absolute atomic E-state index is 0.0982. The number of nitrogens with zero attached hydrogens (tertiary/aromatic N) is 3. The van der Waals surface area contributed by atoms with Crippen molar-refractivity contribution in [3.05, 3.63) is 24.3 Å². The van der Waals surface area contributed by atoms with Gasteiger partial charge in [-0.15, -0.1) is 10.2 Å². The lowest BCUT2D eigenvalue weighted by molar-refractivity contribution is -0.0856. The van der Waals surface area contributed by atoms with Gasteiger partial charge in [0.05, 0.1) is 5.60 Å². The van der Waals surface area contributed by atoms with E-state index in [0.717, 1.165) is 42.4 Å². The molecule has 2 N–H and O–H groups in total. The van der Waals surface area contributed by atoms with Gasteiger partial charge < -0.3 is 15.4 Å². The number of anilines is 2. The SMILES string of the molecule is COC1(C2CCCCC2)CCN(c2ccc(-c3nnc(N)s3)cc2)CC1. The first-order chi connectivity index (χ1) is 12.7. The second kappa shape index (κ2) is 7.53. The first kappa shape index (κ1) is 17.7. The number of aromatic nitrogens is 2. The third-order valence-electron chi connectivity index (χ3n) is 6.29. The third kappa shape index (κ3) is 3.45. The summed E-state index contributed by atoms with van der Waals surface area (Å²) in [5, 5.41) is 9.41. The molecule has 1 aromatic heterocycles. The van der Waals surface area contributed by atoms with E-state index >= 15 is 0 Å². The fraction of sp³-hybridized carbons (Fsp3) is 0.600. The van der Waals surface area contributed by atoms with Crippen LogP contribution in [0.1, 0.15) is 44.9 Å². The number of methoxy groups -OCH3 is 1. The molecule has 2 aliphatic rings. The number of nitrogens with two attached hydrogens (primary N) is 1. The van der Waals surface area contributed by atoms with E-state index in [2.05, 4.69) is 39.4 Å². The smallest absolute Gasteiger partial charge is 0.203 e. The summed E-state index contributed by atoms with van der Waals surface area (Å²) in [5.41, 5.74) is 8.14. The maximum Gasteiger partial charge on any atom is 0.203 e. The van der Waals surface area contributed by atoms with Crippen molar-refractivity contribution in [3.8, 4) is 10.6 Å². The summed E-state index contributed by atoms with van der Waals surface area (Å²) in [5.74, 6) is 0.744. The topological polar surface area (TPSA) is 64.3 Å². The van der Waals surface area contributed by atoms with Crippen LogP contribution in [0, 0.1) is 5.92 Å². The maximum absolute atomic E-state index is 6.13. The molecule has 140 valence electrons. The van der Waals surface area contributed by atoms with Crippen LogP contribution in [0.3, 0.4) is 0 Å². The van der Waals surface area contributed by atoms with Crippen LogP contribution in [-0.2, 0) is 4.74 Å². The predicted octanol–water partition coefficient (Wildman–Crippen LogP) is 4.35. The van der Waals surface area contributed by atoms with Gasteiger partial charge in [-0.1, -0.05) is 30.6 Å². The number of nitrogen functional groups attached to an aromatic ring is 1. The molecule has 2 fully saturated rings. The molecule has 2 heterocycles. The van der Waals surface area contributed by atoms with Crippen molar-refractivity contribution in [2.24, 2.45) is 5.92 Å². The summed E-state index contributed by atoms with van der Waals surface area (Å²) < 4.78 is 6.13. The highest BCUT2D eigenvalue weighted by Crippen LogP contribution is 2.42. The lowest BCUT2D eigenvalue weighted by Crippen LogP contribution is -2.50. The molecule has 0 amide bonds. The maximum atomic E-state index is 6.13. The summed E-state index contributed by atoms with van der Waals surface area (Å²) >= 11 is 1.43. The van der Waals surface area contributed by atoms with E-state index in [1.807, 2.05) is 7.11 Å². The van der Waals surface area contributed by atoms with Crippen molar-refractivity contribution in [3.63, 3.8) is 0 Å². The number of rotatable bonds is 4. The van der Waals surface area contributed by atoms with E-state index in [0.29, 0.717) is 5.13 Å². The van der Waals surface area contributed by atoms with Crippen molar-refractivity contribution in [2.45, 2.75) is 50.5 Å². The van der Waals surface area contributed by atoms with Gasteiger partial charge in [-0.3, -0.25) is 0 Å². The summed E-state index contributed by atoms with van der Waals surface area (Å²) in [4.78, 5) is 2.48. The Morgan fingerprint density at radius 2 is 1.77 bits per heavy atom. The molecule has 6 heteroatoms. The minimum Gasteiger partial charge on any atom is -0.378 e. The molecule has 0 unspecified atom stereocenters. The van der Waals surface area contributed by atoms with Gasteiger partial charge in [-0.05, 0) is 55.9 Å². The quantitative estimate of drug-likeness (QED) is 0.864. The fourth-order valence-electron chi connectivity index (χ4n) is 4.72. The van der Waals surface area contributed by atoms with Gasteiger partial charge >= 0.3 is 0 Å². The van der Waals surface area contributed by atoms with Crippen LogP contribution in [0.4, 0.5) is 10.8 Å². The standard InChI is InChI=1S/C20H28N4OS/c1-25-20(16-5-3-2-4-6-16)11-13-24(14-12-20)17-9-7-15(8-10-17)18-22-23-19(21)26-18/h7-10,16H,2-6,11-14H2,1H3,(H2,21,23). The van der Waals surface area contributed by atoms with E-state index < -0.39 is 0 Å². The van der Waals surface area contributed by atoms with E-state index in [9.17, 15) is 0 Å². The van der Waals surface area contributed by atoms with Gasteiger partial charge in [0.1, 0.15) is 5.01 Å². The lowest BCUT2D eigenvalue weighted by atomic mass is 9.72. The third-order valence-corrected chi connectivity index (χ3v) is 7.09. The normalized spacial score (nSPS) is 21.0. The Kier molecular flexibility index (Phi) is 5.14. The molecule has 1 aromatic carbocycles. The monoisotopic (exact) mass is 372 g/mol. The summed E-state index contributed by atoms with van der Waals surface area (Å²) in [7, 11) is 1.92. The zero-order chi connectivity index (χ0) is 18.0. The van der Waals surface area contributed by atoms with Crippen LogP contribution in [0.15, 0.2) is 24.3 Å². The van der Waals surface area contributed by atoms with Crippen molar-refractivity contribution in [1.29, 1.82) is 0 Å². The molecule has 1 aliphatic carbocycles.